The molecule has 0 spiro atoms. The molecule has 0 bridgehead atoms. The number of aromatic nitrogens is 3. The van der Waals surface area contributed by atoms with Gasteiger partial charge in [-0.05, 0) is 47.0 Å². The fraction of sp³-hybridized carbons (Fsp3) is 0.125. The number of fused-ring (bicyclic) bond motifs is 2. The molecule has 0 unspecified atom stereocenters. The molecule has 6 rings (SSSR count). The van der Waals surface area contributed by atoms with Crippen LogP contribution in [0.4, 0.5) is 5.69 Å². The number of benzene rings is 2. The summed E-state index contributed by atoms with van der Waals surface area (Å²) < 4.78 is 7.76. The maximum Gasteiger partial charge on any atom is 0.268 e. The molecule has 0 saturated carbocycles. The fourth-order valence-corrected chi connectivity index (χ4v) is 4.79. The van der Waals surface area contributed by atoms with E-state index in [0.717, 1.165) is 28.1 Å². The highest BCUT2D eigenvalue weighted by atomic mass is 16.5. The minimum absolute atomic E-state index is 0.174. The largest absolute Gasteiger partial charge is 0.473 e. The summed E-state index contributed by atoms with van der Waals surface area (Å²) in [6, 6.07) is 28.6. The van der Waals surface area contributed by atoms with Crippen LogP contribution >= 0.6 is 0 Å². The molecule has 0 atom stereocenters. The molecule has 8 heteroatoms. The first-order chi connectivity index (χ1) is 19.7. The zero-order valence-corrected chi connectivity index (χ0v) is 21.7. The third kappa shape index (κ3) is 5.33. The van der Waals surface area contributed by atoms with E-state index in [9.17, 15) is 9.59 Å². The Kier molecular flexibility index (Phi) is 7.05. The monoisotopic (exact) mass is 529 g/mol. The molecule has 198 valence electrons. The molecule has 4 heterocycles. The highest BCUT2D eigenvalue weighted by Gasteiger charge is 2.27. The van der Waals surface area contributed by atoms with E-state index in [-0.39, 0.29) is 11.8 Å². The Morgan fingerprint density at radius 1 is 0.825 bits per heavy atom. The summed E-state index contributed by atoms with van der Waals surface area (Å²) in [7, 11) is 0. The van der Waals surface area contributed by atoms with Crippen LogP contribution in [0.2, 0.25) is 0 Å². The molecule has 2 aromatic carbocycles. The highest BCUT2D eigenvalue weighted by molar-refractivity contribution is 6.06. The van der Waals surface area contributed by atoms with Crippen LogP contribution in [0.1, 0.15) is 43.2 Å². The number of ether oxygens (including phenoxy) is 1. The van der Waals surface area contributed by atoms with Crippen molar-refractivity contribution in [1.82, 2.24) is 19.9 Å². The van der Waals surface area contributed by atoms with Gasteiger partial charge in [-0.1, -0.05) is 54.6 Å². The molecular formula is C32H27N5O3. The Balaban J connectivity index is 1.21. The fourth-order valence-electron chi connectivity index (χ4n) is 4.79. The SMILES string of the molecule is O=C(NCc1cccnc1)c1ccc2n1Cc1ccccc1N(C(=O)c1ccc(OCc3ccccc3)nc1)C2. The van der Waals surface area contributed by atoms with Crippen molar-refractivity contribution in [2.75, 3.05) is 4.90 Å². The van der Waals surface area contributed by atoms with Gasteiger partial charge >= 0.3 is 0 Å². The number of pyridine rings is 2. The van der Waals surface area contributed by atoms with Crippen LogP contribution in [-0.4, -0.2) is 26.3 Å². The number of amides is 2. The molecule has 0 saturated heterocycles. The van der Waals surface area contributed by atoms with E-state index >= 15 is 0 Å². The van der Waals surface area contributed by atoms with Gasteiger partial charge in [0.15, 0.2) is 0 Å². The first-order valence-electron chi connectivity index (χ1n) is 13.0. The summed E-state index contributed by atoms with van der Waals surface area (Å²) in [6.07, 6.45) is 4.98. The van der Waals surface area contributed by atoms with Crippen molar-refractivity contribution in [3.05, 3.63) is 143 Å². The van der Waals surface area contributed by atoms with E-state index in [2.05, 4.69) is 15.3 Å². The minimum atomic E-state index is -0.178. The van der Waals surface area contributed by atoms with Crippen LogP contribution < -0.4 is 15.0 Å². The smallest absolute Gasteiger partial charge is 0.268 e. The van der Waals surface area contributed by atoms with E-state index in [1.807, 2.05) is 83.4 Å². The zero-order chi connectivity index (χ0) is 27.3. The van der Waals surface area contributed by atoms with Gasteiger partial charge in [0.05, 0.1) is 18.7 Å². The number of nitrogens with one attached hydrogen (secondary N) is 1. The third-order valence-electron chi connectivity index (χ3n) is 6.87. The lowest BCUT2D eigenvalue weighted by Crippen LogP contribution is -2.31. The molecule has 3 aromatic heterocycles. The molecule has 1 N–H and O–H groups in total. The highest BCUT2D eigenvalue weighted by Crippen LogP contribution is 2.30. The van der Waals surface area contributed by atoms with Crippen LogP contribution in [0.15, 0.2) is 110 Å². The second-order valence-corrected chi connectivity index (χ2v) is 9.52. The minimum Gasteiger partial charge on any atom is -0.473 e. The standard InChI is InChI=1S/C32H27N5O3/c38-31(35-18-24-9-6-16-33-17-24)29-14-13-27-21-37(28-11-5-4-10-26(28)20-36(27)29)32(39)25-12-15-30(34-19-25)40-22-23-7-2-1-3-8-23/h1-17,19H,18,20-22H2,(H,35,38). The van der Waals surface area contributed by atoms with Gasteiger partial charge in [0.1, 0.15) is 12.3 Å². The zero-order valence-electron chi connectivity index (χ0n) is 21.7. The Morgan fingerprint density at radius 3 is 2.45 bits per heavy atom. The molecule has 1 aliphatic heterocycles. The van der Waals surface area contributed by atoms with Gasteiger partial charge in [-0.15, -0.1) is 0 Å². The van der Waals surface area contributed by atoms with Crippen molar-refractivity contribution >= 4 is 17.5 Å². The van der Waals surface area contributed by atoms with E-state index in [0.29, 0.717) is 43.4 Å². The summed E-state index contributed by atoms with van der Waals surface area (Å²) in [5.41, 5.74) is 5.59. The van der Waals surface area contributed by atoms with Crippen LogP contribution in [0.5, 0.6) is 5.88 Å². The van der Waals surface area contributed by atoms with Crippen molar-refractivity contribution in [3.63, 3.8) is 0 Å². The Hall–Kier alpha value is -5.24. The Labute approximate surface area is 231 Å². The van der Waals surface area contributed by atoms with Crippen molar-refractivity contribution in [3.8, 4) is 5.88 Å². The van der Waals surface area contributed by atoms with E-state index in [1.165, 1.54) is 0 Å². The molecule has 40 heavy (non-hydrogen) atoms. The van der Waals surface area contributed by atoms with Gasteiger partial charge in [0.25, 0.3) is 11.8 Å². The number of para-hydroxylation sites is 1. The van der Waals surface area contributed by atoms with Crippen LogP contribution in [0.25, 0.3) is 0 Å². The van der Waals surface area contributed by atoms with Crippen molar-refractivity contribution in [2.24, 2.45) is 0 Å². The number of rotatable bonds is 7. The Bertz CT molecular complexity index is 1630. The second-order valence-electron chi connectivity index (χ2n) is 9.52. The number of carbonyl (C=O) groups excluding carboxylic acids is 2. The predicted molar refractivity (Wildman–Crippen MR) is 151 cm³/mol. The Morgan fingerprint density at radius 2 is 1.65 bits per heavy atom. The number of hydrogen-bond donors (Lipinski definition) is 1. The van der Waals surface area contributed by atoms with E-state index < -0.39 is 0 Å². The number of hydrogen-bond acceptors (Lipinski definition) is 5. The normalized spacial score (nSPS) is 12.2. The van der Waals surface area contributed by atoms with Crippen molar-refractivity contribution in [1.29, 1.82) is 0 Å². The lowest BCUT2D eigenvalue weighted by atomic mass is 10.1. The topological polar surface area (TPSA) is 89.4 Å². The summed E-state index contributed by atoms with van der Waals surface area (Å²) >= 11 is 0. The predicted octanol–water partition coefficient (Wildman–Crippen LogP) is 5.00. The van der Waals surface area contributed by atoms with E-state index in [4.69, 9.17) is 4.74 Å². The van der Waals surface area contributed by atoms with Gasteiger partial charge < -0.3 is 19.5 Å². The molecule has 5 aromatic rings. The van der Waals surface area contributed by atoms with Crippen molar-refractivity contribution < 1.29 is 14.3 Å². The van der Waals surface area contributed by atoms with E-state index in [1.54, 1.807) is 35.6 Å². The van der Waals surface area contributed by atoms with Gasteiger partial charge in [-0.2, -0.15) is 0 Å². The quantitative estimate of drug-likeness (QED) is 0.321. The van der Waals surface area contributed by atoms with Crippen LogP contribution in [0, 0.1) is 0 Å². The summed E-state index contributed by atoms with van der Waals surface area (Å²) in [6.45, 7) is 1.57. The molecule has 0 radical (unpaired) electrons. The lowest BCUT2D eigenvalue weighted by molar-refractivity contribution is 0.0941. The summed E-state index contributed by atoms with van der Waals surface area (Å²) in [5.74, 6) is 0.0990. The average molecular weight is 530 g/mol. The average Bonchev–Trinajstić information content (AvgIpc) is 3.33. The maximum absolute atomic E-state index is 13.8. The molecule has 8 nitrogen and oxygen atoms in total. The number of nitrogens with zero attached hydrogens (tertiary/aromatic N) is 4. The van der Waals surface area contributed by atoms with Crippen LogP contribution in [0.3, 0.4) is 0 Å². The first-order valence-corrected chi connectivity index (χ1v) is 13.0. The summed E-state index contributed by atoms with van der Waals surface area (Å²) in [5, 5.41) is 2.98. The van der Waals surface area contributed by atoms with Gasteiger partial charge in [-0.3, -0.25) is 14.6 Å². The number of carbonyl (C=O) groups is 2. The number of anilines is 1. The lowest BCUT2D eigenvalue weighted by Gasteiger charge is -2.22. The molecule has 0 aliphatic carbocycles. The third-order valence-corrected chi connectivity index (χ3v) is 6.87. The first kappa shape index (κ1) is 25.1. The molecule has 0 fully saturated rings. The van der Waals surface area contributed by atoms with Gasteiger partial charge in [0.2, 0.25) is 5.88 Å². The van der Waals surface area contributed by atoms with Gasteiger partial charge in [-0.25, -0.2) is 4.98 Å². The molecule has 1 aliphatic rings. The van der Waals surface area contributed by atoms with Crippen LogP contribution in [-0.2, 0) is 26.2 Å². The molecular weight excluding hydrogens is 502 g/mol. The summed E-state index contributed by atoms with van der Waals surface area (Å²) in [4.78, 5) is 37.1. The van der Waals surface area contributed by atoms with Crippen molar-refractivity contribution in [2.45, 2.75) is 26.2 Å². The molecule has 2 amide bonds. The maximum atomic E-state index is 13.8. The second kappa shape index (κ2) is 11.2. The van der Waals surface area contributed by atoms with Gasteiger partial charge in [0, 0.05) is 42.6 Å².